The molecule has 0 aromatic rings. The Morgan fingerprint density at radius 3 is 2.88 bits per heavy atom. The Bertz CT molecular complexity index is 376. The van der Waals surface area contributed by atoms with Gasteiger partial charge in [0.1, 0.15) is 5.78 Å². The Morgan fingerprint density at radius 1 is 1.53 bits per heavy atom. The number of allylic oxidation sites excluding steroid dienone is 1. The molecule has 1 saturated carbocycles. The van der Waals surface area contributed by atoms with Gasteiger partial charge >= 0.3 is 0 Å². The Hall–Kier alpha value is -0.890. The Labute approximate surface area is 104 Å². The number of hydrogen-bond acceptors (Lipinski definition) is 2. The standard InChI is InChI=1S/C15H22O2/c1-10(2)5-8-14-15(4,17-14)13-9-12(16)7-6-11(13)3/h5,13-14H,3,6-9H2,1-2,4H3/t13-,14+,15+/m1/s1. The molecule has 2 nitrogen and oxygen atoms in total. The SMILES string of the molecule is C=C1CCC(=O)C[C@H]1[C@]1(C)O[C@H]1CC=C(C)C. The average Bonchev–Trinajstić information content (AvgIpc) is 2.92. The normalized spacial score (nSPS) is 36.9. The third kappa shape index (κ3) is 2.52. The minimum Gasteiger partial charge on any atom is -0.365 e. The molecule has 1 aliphatic heterocycles. The number of ether oxygens (including phenoxy) is 1. The zero-order chi connectivity index (χ0) is 12.6. The van der Waals surface area contributed by atoms with Crippen LogP contribution in [0.1, 0.15) is 46.5 Å². The first-order chi connectivity index (χ1) is 7.93. The largest absolute Gasteiger partial charge is 0.365 e. The minimum atomic E-state index is -0.140. The van der Waals surface area contributed by atoms with Crippen LogP contribution in [0.5, 0.6) is 0 Å². The number of carbonyl (C=O) groups is 1. The van der Waals surface area contributed by atoms with Gasteiger partial charge in [-0.25, -0.2) is 0 Å². The van der Waals surface area contributed by atoms with Gasteiger partial charge in [-0.2, -0.15) is 0 Å². The fourth-order valence-corrected chi connectivity index (χ4v) is 2.76. The number of Topliss-reactive ketones (excluding diaryl/α,β-unsaturated/α-hetero) is 1. The topological polar surface area (TPSA) is 29.6 Å². The zero-order valence-electron chi connectivity index (χ0n) is 11.1. The molecule has 2 fully saturated rings. The van der Waals surface area contributed by atoms with Gasteiger partial charge in [-0.05, 0) is 33.6 Å². The fraction of sp³-hybridized carbons (Fsp3) is 0.667. The smallest absolute Gasteiger partial charge is 0.133 e. The van der Waals surface area contributed by atoms with E-state index in [1.54, 1.807) is 0 Å². The number of epoxide rings is 1. The molecule has 2 aliphatic rings. The molecule has 2 heteroatoms. The molecule has 0 spiro atoms. The van der Waals surface area contributed by atoms with E-state index in [0.29, 0.717) is 18.6 Å². The first-order valence-corrected chi connectivity index (χ1v) is 6.44. The maximum absolute atomic E-state index is 11.6. The molecule has 1 heterocycles. The molecule has 3 atom stereocenters. The first-order valence-electron chi connectivity index (χ1n) is 6.44. The summed E-state index contributed by atoms with van der Waals surface area (Å²) in [6.07, 6.45) is 5.58. The van der Waals surface area contributed by atoms with Crippen LogP contribution in [0.15, 0.2) is 23.8 Å². The van der Waals surface area contributed by atoms with Crippen molar-refractivity contribution in [2.45, 2.75) is 58.2 Å². The van der Waals surface area contributed by atoms with Gasteiger partial charge in [0.15, 0.2) is 0 Å². The van der Waals surface area contributed by atoms with Crippen LogP contribution in [0, 0.1) is 5.92 Å². The molecule has 0 bridgehead atoms. The van der Waals surface area contributed by atoms with Crippen LogP contribution in [0.25, 0.3) is 0 Å². The summed E-state index contributed by atoms with van der Waals surface area (Å²) in [5.74, 6) is 0.597. The summed E-state index contributed by atoms with van der Waals surface area (Å²) in [5, 5.41) is 0. The van der Waals surface area contributed by atoms with Crippen molar-refractivity contribution < 1.29 is 9.53 Å². The summed E-state index contributed by atoms with van der Waals surface area (Å²) < 4.78 is 5.86. The highest BCUT2D eigenvalue weighted by molar-refractivity contribution is 5.80. The van der Waals surface area contributed by atoms with E-state index in [-0.39, 0.29) is 17.6 Å². The van der Waals surface area contributed by atoms with Gasteiger partial charge in [0.05, 0.1) is 11.7 Å². The van der Waals surface area contributed by atoms with E-state index in [1.165, 1.54) is 11.1 Å². The van der Waals surface area contributed by atoms with Crippen molar-refractivity contribution in [3.63, 3.8) is 0 Å². The van der Waals surface area contributed by atoms with Crippen molar-refractivity contribution in [2.75, 3.05) is 0 Å². The van der Waals surface area contributed by atoms with Crippen molar-refractivity contribution in [1.29, 1.82) is 0 Å². The highest BCUT2D eigenvalue weighted by Gasteiger charge is 2.58. The van der Waals surface area contributed by atoms with E-state index in [0.717, 1.165) is 12.8 Å². The van der Waals surface area contributed by atoms with Gasteiger partial charge in [-0.1, -0.05) is 23.8 Å². The van der Waals surface area contributed by atoms with Crippen molar-refractivity contribution in [3.05, 3.63) is 23.8 Å². The second-order valence-electron chi connectivity index (χ2n) is 5.76. The molecule has 0 unspecified atom stereocenters. The first kappa shape index (κ1) is 12.6. The minimum absolute atomic E-state index is 0.140. The Morgan fingerprint density at radius 2 is 2.24 bits per heavy atom. The molecule has 2 rings (SSSR count). The molecule has 1 saturated heterocycles. The molecule has 0 amide bonds. The lowest BCUT2D eigenvalue weighted by Crippen LogP contribution is -2.30. The van der Waals surface area contributed by atoms with Crippen LogP contribution in [-0.2, 0) is 9.53 Å². The molecule has 94 valence electrons. The summed E-state index contributed by atoms with van der Waals surface area (Å²) in [7, 11) is 0. The van der Waals surface area contributed by atoms with Gasteiger partial charge in [0.25, 0.3) is 0 Å². The fourth-order valence-electron chi connectivity index (χ4n) is 2.76. The number of carbonyl (C=O) groups excluding carboxylic acids is 1. The molecule has 0 N–H and O–H groups in total. The predicted molar refractivity (Wildman–Crippen MR) is 68.8 cm³/mol. The third-order valence-electron chi connectivity index (χ3n) is 4.06. The van der Waals surface area contributed by atoms with E-state index >= 15 is 0 Å². The Kier molecular flexibility index (Phi) is 3.26. The van der Waals surface area contributed by atoms with Crippen LogP contribution in [0.2, 0.25) is 0 Å². The lowest BCUT2D eigenvalue weighted by molar-refractivity contribution is -0.121. The van der Waals surface area contributed by atoms with Gasteiger partial charge < -0.3 is 4.74 Å². The van der Waals surface area contributed by atoms with E-state index in [1.807, 2.05) is 0 Å². The van der Waals surface area contributed by atoms with Gasteiger partial charge in [0, 0.05) is 18.8 Å². The summed E-state index contributed by atoms with van der Waals surface area (Å²) in [4.78, 5) is 11.6. The van der Waals surface area contributed by atoms with E-state index in [9.17, 15) is 4.79 Å². The summed E-state index contributed by atoms with van der Waals surface area (Å²) in [6, 6.07) is 0. The quantitative estimate of drug-likeness (QED) is 0.553. The molecule has 0 radical (unpaired) electrons. The van der Waals surface area contributed by atoms with Crippen LogP contribution < -0.4 is 0 Å². The van der Waals surface area contributed by atoms with Crippen molar-refractivity contribution in [1.82, 2.24) is 0 Å². The van der Waals surface area contributed by atoms with Crippen LogP contribution >= 0.6 is 0 Å². The highest BCUT2D eigenvalue weighted by atomic mass is 16.6. The maximum Gasteiger partial charge on any atom is 0.133 e. The van der Waals surface area contributed by atoms with Crippen LogP contribution in [0.4, 0.5) is 0 Å². The van der Waals surface area contributed by atoms with Crippen molar-refractivity contribution in [2.24, 2.45) is 5.92 Å². The summed E-state index contributed by atoms with van der Waals surface area (Å²) >= 11 is 0. The molecule has 0 aromatic heterocycles. The van der Waals surface area contributed by atoms with Crippen molar-refractivity contribution >= 4 is 5.78 Å². The highest BCUT2D eigenvalue weighted by Crippen LogP contribution is 2.50. The van der Waals surface area contributed by atoms with E-state index in [2.05, 4.69) is 33.4 Å². The summed E-state index contributed by atoms with van der Waals surface area (Å²) in [6.45, 7) is 10.4. The maximum atomic E-state index is 11.6. The third-order valence-corrected chi connectivity index (χ3v) is 4.06. The van der Waals surface area contributed by atoms with Crippen LogP contribution in [0.3, 0.4) is 0 Å². The summed E-state index contributed by atoms with van der Waals surface area (Å²) in [5.41, 5.74) is 2.38. The zero-order valence-corrected chi connectivity index (χ0v) is 11.1. The van der Waals surface area contributed by atoms with Gasteiger partial charge in [0.2, 0.25) is 0 Å². The molecule has 0 aromatic carbocycles. The molecule has 17 heavy (non-hydrogen) atoms. The molecular formula is C15H22O2. The van der Waals surface area contributed by atoms with E-state index in [4.69, 9.17) is 4.74 Å². The molecule has 1 aliphatic carbocycles. The second-order valence-corrected chi connectivity index (χ2v) is 5.76. The lowest BCUT2D eigenvalue weighted by Gasteiger charge is -2.27. The predicted octanol–water partition coefficient (Wildman–Crippen LogP) is 3.43. The van der Waals surface area contributed by atoms with Crippen molar-refractivity contribution in [3.8, 4) is 0 Å². The molecular weight excluding hydrogens is 212 g/mol. The van der Waals surface area contributed by atoms with Gasteiger partial charge in [-0.15, -0.1) is 0 Å². The Balaban J connectivity index is 2.00. The second kappa shape index (κ2) is 4.41. The monoisotopic (exact) mass is 234 g/mol. The van der Waals surface area contributed by atoms with Gasteiger partial charge in [-0.3, -0.25) is 4.79 Å². The van der Waals surface area contributed by atoms with Crippen LogP contribution in [-0.4, -0.2) is 17.5 Å². The average molecular weight is 234 g/mol. The number of rotatable bonds is 3. The lowest BCUT2D eigenvalue weighted by atomic mass is 9.75. The van der Waals surface area contributed by atoms with E-state index < -0.39 is 0 Å². The number of hydrogen-bond donors (Lipinski definition) is 0. The number of ketones is 1.